The number of halogens is 1. The minimum atomic E-state index is -1.13. The van der Waals surface area contributed by atoms with Crippen molar-refractivity contribution in [1.29, 1.82) is 0 Å². The third kappa shape index (κ3) is 10.2. The van der Waals surface area contributed by atoms with Crippen LogP contribution in [0.2, 0.25) is 0 Å². The minimum absolute atomic E-state index is 0.0661. The van der Waals surface area contributed by atoms with Crippen LogP contribution in [0.15, 0.2) is 84.9 Å². The Labute approximate surface area is 287 Å². The maximum Gasteiger partial charge on any atom is 0.258 e. The van der Waals surface area contributed by atoms with E-state index in [1.165, 1.54) is 12.1 Å². The summed E-state index contributed by atoms with van der Waals surface area (Å²) in [6.07, 6.45) is 0.327. The molecule has 3 atom stereocenters. The van der Waals surface area contributed by atoms with Crippen LogP contribution in [-0.4, -0.2) is 57.7 Å². The third-order valence-electron chi connectivity index (χ3n) is 8.42. The second-order valence-electron chi connectivity index (χ2n) is 12.6. The average Bonchev–Trinajstić information content (AvgIpc) is 3.43. The molecule has 1 heterocycles. The molecule has 0 bridgehead atoms. The van der Waals surface area contributed by atoms with Crippen LogP contribution in [0.1, 0.15) is 74.3 Å². The number of carbonyl (C=O) groups excluding carboxylic acids is 3. The number of hydrogen-bond donors (Lipinski definition) is 5. The lowest BCUT2D eigenvalue weighted by molar-refractivity contribution is -0.126. The van der Waals surface area contributed by atoms with Crippen LogP contribution in [0.25, 0.3) is 22.4 Å². The number of aliphatic hydroxyl groups is 2. The summed E-state index contributed by atoms with van der Waals surface area (Å²) in [5.74, 6) is -1.29. The monoisotopic (exact) mass is 670 g/mol. The number of amides is 2. The smallest absolute Gasteiger partial charge is 0.258 e. The van der Waals surface area contributed by atoms with E-state index >= 15 is 0 Å². The summed E-state index contributed by atoms with van der Waals surface area (Å²) < 4.78 is 16.2. The van der Waals surface area contributed by atoms with Crippen LogP contribution in [0.3, 0.4) is 0 Å². The molecule has 49 heavy (non-hydrogen) atoms. The van der Waals surface area contributed by atoms with E-state index in [9.17, 15) is 29.0 Å². The molecule has 0 spiro atoms. The minimum Gasteiger partial charge on any atom is -0.393 e. The van der Waals surface area contributed by atoms with Crippen molar-refractivity contribution in [3.63, 3.8) is 0 Å². The van der Waals surface area contributed by atoms with Gasteiger partial charge in [-0.15, -0.1) is 0 Å². The van der Waals surface area contributed by atoms with Gasteiger partial charge < -0.3 is 35.9 Å². The molecule has 0 saturated carbocycles. The molecule has 0 saturated heterocycles. The number of para-hydroxylation sites is 1. The highest BCUT2D eigenvalue weighted by atomic mass is 19.1. The highest BCUT2D eigenvalue weighted by Crippen LogP contribution is 2.42. The molecule has 0 fully saturated rings. The number of carbonyl (C=O) groups is 3. The zero-order valence-corrected chi connectivity index (χ0v) is 28.1. The summed E-state index contributed by atoms with van der Waals surface area (Å²) in [7, 11) is 0. The summed E-state index contributed by atoms with van der Waals surface area (Å²) in [4.78, 5) is 38.1. The molecule has 10 heteroatoms. The fraction of sp³-hybridized carbons (Fsp3) is 0.359. The first-order chi connectivity index (χ1) is 23.6. The second kappa shape index (κ2) is 18.2. The zero-order valence-electron chi connectivity index (χ0n) is 28.1. The van der Waals surface area contributed by atoms with E-state index in [0.717, 1.165) is 17.7 Å². The van der Waals surface area contributed by atoms with E-state index in [-0.39, 0.29) is 37.6 Å². The number of nitrogens with one attached hydrogen (secondary N) is 2. The van der Waals surface area contributed by atoms with Crippen LogP contribution < -0.4 is 16.4 Å². The Bertz CT molecular complexity index is 1660. The molecule has 3 aromatic carbocycles. The number of aliphatic hydroxyl groups excluding tert-OH is 2. The van der Waals surface area contributed by atoms with Crippen molar-refractivity contribution in [2.75, 3.05) is 11.9 Å². The van der Waals surface area contributed by atoms with Crippen LogP contribution in [0.4, 0.5) is 10.1 Å². The molecule has 1 aromatic heterocycles. The van der Waals surface area contributed by atoms with Gasteiger partial charge in [-0.1, -0.05) is 62.4 Å². The number of unbranched alkanes of at least 4 members (excludes halogenated alkanes) is 1. The number of benzene rings is 3. The van der Waals surface area contributed by atoms with Gasteiger partial charge in [0.1, 0.15) is 12.1 Å². The lowest BCUT2D eigenvalue weighted by Crippen LogP contribution is -2.38. The molecule has 4 aromatic rings. The van der Waals surface area contributed by atoms with Gasteiger partial charge in [-0.2, -0.15) is 0 Å². The first-order valence-corrected chi connectivity index (χ1v) is 16.9. The number of anilines is 1. The van der Waals surface area contributed by atoms with Crippen molar-refractivity contribution in [3.8, 4) is 22.4 Å². The topological polar surface area (TPSA) is 147 Å². The normalized spacial score (nSPS) is 13.1. The molecule has 4 rings (SSSR count). The number of nitrogens with zero attached hydrogens (tertiary/aromatic N) is 1. The Morgan fingerprint density at radius 3 is 2.14 bits per heavy atom. The molecular weight excluding hydrogens is 623 g/mol. The average molecular weight is 671 g/mol. The van der Waals surface area contributed by atoms with Crippen molar-refractivity contribution in [2.45, 2.75) is 83.1 Å². The molecule has 260 valence electrons. The molecule has 6 N–H and O–H groups in total. The zero-order chi connectivity index (χ0) is 35.3. The standard InChI is InChI=1S/C39H47FN4O5/c1-26(2)37-36(39(49)43-30-13-7-4-8-14-30)35(27-11-5-3-6-12-27)38(28-16-18-29(40)19-17-28)44(37)22-20-32(46)23-33(47)24-34(48)42-31(25-45)15-9-10-21-41/h3-8,11-14,16-19,25-26,31-33,46-47H,9-10,15,20-24,41H2,1-2H3,(H,42,48)(H,43,49)/t31-,32+,33+/m0/s1. The van der Waals surface area contributed by atoms with Crippen molar-refractivity contribution in [1.82, 2.24) is 9.88 Å². The van der Waals surface area contributed by atoms with E-state index in [1.807, 2.05) is 79.1 Å². The van der Waals surface area contributed by atoms with Gasteiger partial charge in [0.05, 0.1) is 35.9 Å². The van der Waals surface area contributed by atoms with Crippen LogP contribution in [0, 0.1) is 5.82 Å². The van der Waals surface area contributed by atoms with Gasteiger partial charge in [0.2, 0.25) is 5.91 Å². The molecule has 0 radical (unpaired) electrons. The Balaban J connectivity index is 1.66. The summed E-state index contributed by atoms with van der Waals surface area (Å²) in [6, 6.07) is 24.2. The summed E-state index contributed by atoms with van der Waals surface area (Å²) in [6.45, 7) is 4.76. The Hall–Kier alpha value is -4.64. The van der Waals surface area contributed by atoms with Crippen molar-refractivity contribution in [2.24, 2.45) is 5.73 Å². The Kier molecular flexibility index (Phi) is 13.8. The van der Waals surface area contributed by atoms with Gasteiger partial charge in [-0.3, -0.25) is 9.59 Å². The molecule has 0 aliphatic rings. The summed E-state index contributed by atoms with van der Waals surface area (Å²) in [5, 5.41) is 27.4. The van der Waals surface area contributed by atoms with Gasteiger partial charge in [-0.25, -0.2) is 4.39 Å². The predicted molar refractivity (Wildman–Crippen MR) is 191 cm³/mol. The summed E-state index contributed by atoms with van der Waals surface area (Å²) >= 11 is 0. The lowest BCUT2D eigenvalue weighted by atomic mass is 9.94. The molecule has 0 unspecified atom stereocenters. The lowest BCUT2D eigenvalue weighted by Gasteiger charge is -2.21. The van der Waals surface area contributed by atoms with Gasteiger partial charge >= 0.3 is 0 Å². The van der Waals surface area contributed by atoms with Gasteiger partial charge in [-0.05, 0) is 92.1 Å². The molecule has 0 aliphatic heterocycles. The van der Waals surface area contributed by atoms with Gasteiger partial charge in [0.25, 0.3) is 5.91 Å². The highest BCUT2D eigenvalue weighted by Gasteiger charge is 2.31. The molecule has 9 nitrogen and oxygen atoms in total. The Morgan fingerprint density at radius 1 is 0.878 bits per heavy atom. The fourth-order valence-electron chi connectivity index (χ4n) is 6.16. The van der Waals surface area contributed by atoms with Gasteiger partial charge in [0.15, 0.2) is 0 Å². The number of rotatable bonds is 18. The largest absolute Gasteiger partial charge is 0.393 e. The molecular formula is C39H47FN4O5. The van der Waals surface area contributed by atoms with E-state index in [1.54, 1.807) is 12.1 Å². The summed E-state index contributed by atoms with van der Waals surface area (Å²) in [5.41, 5.74) is 10.3. The second-order valence-corrected chi connectivity index (χ2v) is 12.6. The van der Waals surface area contributed by atoms with Gasteiger partial charge in [0, 0.05) is 23.5 Å². The third-order valence-corrected chi connectivity index (χ3v) is 8.42. The van der Waals surface area contributed by atoms with Crippen LogP contribution >= 0.6 is 0 Å². The first kappa shape index (κ1) is 37.2. The van der Waals surface area contributed by atoms with Crippen molar-refractivity contribution in [3.05, 3.63) is 102 Å². The van der Waals surface area contributed by atoms with Crippen LogP contribution in [0.5, 0.6) is 0 Å². The maximum absolute atomic E-state index is 14.2. The Morgan fingerprint density at radius 2 is 1.53 bits per heavy atom. The van der Waals surface area contributed by atoms with E-state index in [4.69, 9.17) is 5.73 Å². The molecule has 0 aliphatic carbocycles. The number of aromatic nitrogens is 1. The van der Waals surface area contributed by atoms with Crippen molar-refractivity contribution < 1.29 is 29.0 Å². The highest BCUT2D eigenvalue weighted by molar-refractivity contribution is 6.12. The maximum atomic E-state index is 14.2. The van der Waals surface area contributed by atoms with E-state index < -0.39 is 30.0 Å². The SMILES string of the molecule is CC(C)c1c(C(=O)Nc2ccccc2)c(-c2ccccc2)c(-c2ccc(F)cc2)n1CC[C@@H](O)C[C@@H](O)CC(=O)N[C@H](C=O)CCCCN. The molecule has 2 amide bonds. The number of aldehydes is 1. The van der Waals surface area contributed by atoms with Crippen LogP contribution in [-0.2, 0) is 16.1 Å². The van der Waals surface area contributed by atoms with Crippen molar-refractivity contribution >= 4 is 23.8 Å². The quantitative estimate of drug-likeness (QED) is 0.0645. The predicted octanol–water partition coefficient (Wildman–Crippen LogP) is 6.04. The first-order valence-electron chi connectivity index (χ1n) is 16.9. The van der Waals surface area contributed by atoms with E-state index in [0.29, 0.717) is 53.7 Å². The fourth-order valence-corrected chi connectivity index (χ4v) is 6.16. The van der Waals surface area contributed by atoms with E-state index in [2.05, 4.69) is 10.6 Å². The number of nitrogens with two attached hydrogens (primary N) is 1. The number of hydrogen-bond acceptors (Lipinski definition) is 6.